The number of carbonyl (C=O) groups excluding carboxylic acids is 1. The topological polar surface area (TPSA) is 26.3 Å². The fourth-order valence-corrected chi connectivity index (χ4v) is 2.60. The number of ether oxygens (including phenoxy) is 1. The molecular formula is C11H13BrO2S. The number of halogens is 1. The summed E-state index contributed by atoms with van der Waals surface area (Å²) in [7, 11) is 1.70. The van der Waals surface area contributed by atoms with Gasteiger partial charge < -0.3 is 4.74 Å². The third-order valence-electron chi connectivity index (χ3n) is 1.85. The lowest BCUT2D eigenvalue weighted by Gasteiger charge is -2.04. The number of benzene rings is 1. The lowest BCUT2D eigenvalue weighted by atomic mass is 10.2. The van der Waals surface area contributed by atoms with Crippen molar-refractivity contribution in [3.8, 4) is 0 Å². The summed E-state index contributed by atoms with van der Waals surface area (Å²) in [6, 6.07) is 5.68. The first-order chi connectivity index (χ1) is 7.27. The van der Waals surface area contributed by atoms with Gasteiger partial charge in [-0.15, -0.1) is 11.8 Å². The highest BCUT2D eigenvalue weighted by atomic mass is 79.9. The molecule has 0 N–H and O–H groups in total. The summed E-state index contributed by atoms with van der Waals surface area (Å²) in [5.74, 6) is 0.963. The van der Waals surface area contributed by atoms with E-state index in [0.717, 1.165) is 40.0 Å². The summed E-state index contributed by atoms with van der Waals surface area (Å²) in [5.41, 5.74) is 0.751. The molecule has 4 heteroatoms. The highest BCUT2D eigenvalue weighted by Gasteiger charge is 2.02. The second-order valence-electron chi connectivity index (χ2n) is 2.99. The normalized spacial score (nSPS) is 10.3. The van der Waals surface area contributed by atoms with E-state index in [1.54, 1.807) is 18.9 Å². The Hall–Kier alpha value is -0.320. The molecule has 1 aromatic carbocycles. The molecule has 1 aromatic rings. The lowest BCUT2D eigenvalue weighted by Crippen LogP contribution is -1.92. The van der Waals surface area contributed by atoms with Crippen LogP contribution in [0, 0.1) is 0 Å². The van der Waals surface area contributed by atoms with E-state index in [1.807, 2.05) is 18.2 Å². The Labute approximate surface area is 103 Å². The van der Waals surface area contributed by atoms with Crippen LogP contribution in [0.25, 0.3) is 0 Å². The van der Waals surface area contributed by atoms with Crippen LogP contribution in [0.1, 0.15) is 16.8 Å². The van der Waals surface area contributed by atoms with Crippen molar-refractivity contribution in [3.05, 3.63) is 28.2 Å². The van der Waals surface area contributed by atoms with E-state index in [0.29, 0.717) is 0 Å². The molecule has 0 aliphatic heterocycles. The molecule has 0 aliphatic carbocycles. The minimum absolute atomic E-state index is 0.751. The first-order valence-corrected chi connectivity index (χ1v) is 6.42. The van der Waals surface area contributed by atoms with Crippen molar-refractivity contribution >= 4 is 34.0 Å². The van der Waals surface area contributed by atoms with Gasteiger partial charge in [-0.3, -0.25) is 4.79 Å². The van der Waals surface area contributed by atoms with Crippen LogP contribution in [0.4, 0.5) is 0 Å². The number of thioether (sulfide) groups is 1. The van der Waals surface area contributed by atoms with Crippen LogP contribution in [-0.4, -0.2) is 25.8 Å². The van der Waals surface area contributed by atoms with Gasteiger partial charge in [-0.25, -0.2) is 0 Å². The van der Waals surface area contributed by atoms with Crippen LogP contribution in [0.2, 0.25) is 0 Å². The third-order valence-corrected chi connectivity index (χ3v) is 3.50. The van der Waals surface area contributed by atoms with E-state index in [1.165, 1.54) is 0 Å². The van der Waals surface area contributed by atoms with Gasteiger partial charge in [-0.05, 0) is 24.6 Å². The SMILES string of the molecule is COCCCSc1cc(Br)ccc1C=O. The molecule has 0 radical (unpaired) electrons. The predicted molar refractivity (Wildman–Crippen MR) is 66.7 cm³/mol. The summed E-state index contributed by atoms with van der Waals surface area (Å²) in [5, 5.41) is 0. The maximum absolute atomic E-state index is 10.8. The van der Waals surface area contributed by atoms with E-state index in [4.69, 9.17) is 4.74 Å². The van der Waals surface area contributed by atoms with Crippen LogP contribution < -0.4 is 0 Å². The summed E-state index contributed by atoms with van der Waals surface area (Å²) in [6.07, 6.45) is 1.89. The maximum Gasteiger partial charge on any atom is 0.151 e. The van der Waals surface area contributed by atoms with Gasteiger partial charge in [-0.2, -0.15) is 0 Å². The summed E-state index contributed by atoms with van der Waals surface area (Å²) in [6.45, 7) is 0.761. The average Bonchev–Trinajstić information content (AvgIpc) is 2.25. The summed E-state index contributed by atoms with van der Waals surface area (Å²) >= 11 is 5.08. The van der Waals surface area contributed by atoms with Crippen LogP contribution >= 0.6 is 27.7 Å². The Balaban J connectivity index is 2.58. The predicted octanol–water partition coefficient (Wildman–Crippen LogP) is 3.39. The highest BCUT2D eigenvalue weighted by Crippen LogP contribution is 2.25. The van der Waals surface area contributed by atoms with E-state index < -0.39 is 0 Å². The van der Waals surface area contributed by atoms with Crippen molar-refractivity contribution in [2.75, 3.05) is 19.5 Å². The molecular weight excluding hydrogens is 276 g/mol. The minimum atomic E-state index is 0.751. The lowest BCUT2D eigenvalue weighted by molar-refractivity contribution is 0.112. The van der Waals surface area contributed by atoms with Crippen LogP contribution in [0.15, 0.2) is 27.6 Å². The Morgan fingerprint density at radius 3 is 3.00 bits per heavy atom. The molecule has 15 heavy (non-hydrogen) atoms. The molecule has 0 aliphatic rings. The molecule has 0 bridgehead atoms. The molecule has 0 saturated heterocycles. The van der Waals surface area contributed by atoms with Gasteiger partial charge in [0.25, 0.3) is 0 Å². The van der Waals surface area contributed by atoms with Crippen molar-refractivity contribution in [3.63, 3.8) is 0 Å². The van der Waals surface area contributed by atoms with Gasteiger partial charge in [-0.1, -0.05) is 15.9 Å². The second kappa shape index (κ2) is 7.04. The molecule has 0 heterocycles. The zero-order valence-electron chi connectivity index (χ0n) is 8.53. The van der Waals surface area contributed by atoms with Gasteiger partial charge in [0.05, 0.1) is 0 Å². The largest absolute Gasteiger partial charge is 0.385 e. The number of carbonyl (C=O) groups is 1. The number of hydrogen-bond donors (Lipinski definition) is 0. The number of rotatable bonds is 6. The molecule has 0 atom stereocenters. The Morgan fingerprint density at radius 1 is 1.53 bits per heavy atom. The summed E-state index contributed by atoms with van der Waals surface area (Å²) in [4.78, 5) is 11.8. The van der Waals surface area contributed by atoms with Gasteiger partial charge in [0.15, 0.2) is 6.29 Å². The van der Waals surface area contributed by atoms with E-state index in [2.05, 4.69) is 15.9 Å². The fourth-order valence-electron chi connectivity index (χ4n) is 1.12. The Morgan fingerprint density at radius 2 is 2.33 bits per heavy atom. The van der Waals surface area contributed by atoms with Crippen LogP contribution in [-0.2, 0) is 4.74 Å². The van der Waals surface area contributed by atoms with Gasteiger partial charge in [0.2, 0.25) is 0 Å². The molecule has 2 nitrogen and oxygen atoms in total. The van der Waals surface area contributed by atoms with Crippen molar-refractivity contribution in [1.29, 1.82) is 0 Å². The van der Waals surface area contributed by atoms with Crippen LogP contribution in [0.5, 0.6) is 0 Å². The molecule has 0 spiro atoms. The summed E-state index contributed by atoms with van der Waals surface area (Å²) < 4.78 is 5.97. The van der Waals surface area contributed by atoms with Gasteiger partial charge in [0, 0.05) is 34.4 Å². The van der Waals surface area contributed by atoms with Crippen molar-refractivity contribution in [1.82, 2.24) is 0 Å². The molecule has 0 unspecified atom stereocenters. The van der Waals surface area contributed by atoms with Crippen molar-refractivity contribution in [2.24, 2.45) is 0 Å². The monoisotopic (exact) mass is 288 g/mol. The smallest absolute Gasteiger partial charge is 0.151 e. The number of methoxy groups -OCH3 is 1. The molecule has 1 rings (SSSR count). The minimum Gasteiger partial charge on any atom is -0.385 e. The zero-order chi connectivity index (χ0) is 11.1. The first-order valence-electron chi connectivity index (χ1n) is 4.64. The highest BCUT2D eigenvalue weighted by molar-refractivity contribution is 9.10. The molecule has 82 valence electrons. The average molecular weight is 289 g/mol. The molecule has 0 amide bonds. The molecule has 0 aromatic heterocycles. The first kappa shape index (κ1) is 12.7. The molecule has 0 fully saturated rings. The quantitative estimate of drug-likeness (QED) is 0.456. The van der Waals surface area contributed by atoms with Gasteiger partial charge in [0.1, 0.15) is 0 Å². The van der Waals surface area contributed by atoms with Crippen molar-refractivity contribution < 1.29 is 9.53 Å². The zero-order valence-corrected chi connectivity index (χ0v) is 10.9. The van der Waals surface area contributed by atoms with Gasteiger partial charge >= 0.3 is 0 Å². The maximum atomic E-state index is 10.8. The van der Waals surface area contributed by atoms with E-state index in [-0.39, 0.29) is 0 Å². The Bertz CT molecular complexity index is 328. The van der Waals surface area contributed by atoms with Crippen LogP contribution in [0.3, 0.4) is 0 Å². The second-order valence-corrected chi connectivity index (χ2v) is 5.05. The Kier molecular flexibility index (Phi) is 5.98. The van der Waals surface area contributed by atoms with E-state index >= 15 is 0 Å². The van der Waals surface area contributed by atoms with Crippen molar-refractivity contribution in [2.45, 2.75) is 11.3 Å². The number of aldehydes is 1. The standard InChI is InChI=1S/C11H13BrO2S/c1-14-5-2-6-15-11-7-10(12)4-3-9(11)8-13/h3-4,7-8H,2,5-6H2,1H3. The molecule has 0 saturated carbocycles. The fraction of sp³-hybridized carbons (Fsp3) is 0.364. The third kappa shape index (κ3) is 4.36. The van der Waals surface area contributed by atoms with E-state index in [9.17, 15) is 4.79 Å². The number of hydrogen-bond acceptors (Lipinski definition) is 3.